The highest BCUT2D eigenvalue weighted by Crippen LogP contribution is 2.32. The van der Waals surface area contributed by atoms with Crippen LogP contribution in [0.3, 0.4) is 0 Å². The summed E-state index contributed by atoms with van der Waals surface area (Å²) in [6, 6.07) is 7.37. The maximum Gasteiger partial charge on any atom is 0.573 e. The van der Waals surface area contributed by atoms with Gasteiger partial charge in [0.25, 0.3) is 5.56 Å². The fraction of sp³-hybridized carbons (Fsp3) is 0.485. The molecule has 0 saturated carbocycles. The minimum Gasteiger partial charge on any atom is -0.444 e. The summed E-state index contributed by atoms with van der Waals surface area (Å²) >= 11 is 0. The Kier molecular flexibility index (Phi) is 11.0. The molecule has 51 heavy (non-hydrogen) atoms. The highest BCUT2D eigenvalue weighted by Gasteiger charge is 2.35. The number of aromatic nitrogens is 2. The number of amides is 2. The van der Waals surface area contributed by atoms with Crippen LogP contribution < -0.4 is 15.3 Å². The molecule has 14 nitrogen and oxygen atoms in total. The molecule has 0 atom stereocenters. The molecule has 2 heterocycles. The van der Waals surface area contributed by atoms with E-state index in [0.29, 0.717) is 22.8 Å². The van der Waals surface area contributed by atoms with Crippen molar-refractivity contribution in [2.24, 2.45) is 0 Å². The Balaban J connectivity index is 1.83. The number of sulfone groups is 1. The number of carbonyl (C=O) groups is 2. The number of carbonyl (C=O) groups excluding carboxylic acids is 2. The SMILES string of the molecule is CCS(=O)(=O)c1ccc(C#N)cc1N(C(=O)OC(C)(C)C)n1cnc2cc(CN3CCN(C(=O)OC(C)(C)C)CC3)c(OC(F)(F)F)cc2c1=O. The van der Waals surface area contributed by atoms with Crippen LogP contribution in [0.1, 0.15) is 59.6 Å². The van der Waals surface area contributed by atoms with Gasteiger partial charge < -0.3 is 19.1 Å². The quantitative estimate of drug-likeness (QED) is 0.313. The molecule has 2 aromatic carbocycles. The highest BCUT2D eigenvalue weighted by molar-refractivity contribution is 7.91. The molecule has 0 spiro atoms. The molecule has 1 aliphatic heterocycles. The van der Waals surface area contributed by atoms with Crippen LogP contribution in [0.15, 0.2) is 46.3 Å². The number of anilines is 1. The number of benzene rings is 2. The number of hydrogen-bond acceptors (Lipinski definition) is 11. The van der Waals surface area contributed by atoms with Crippen LogP contribution in [0.2, 0.25) is 0 Å². The second-order valence-corrected chi connectivity index (χ2v) is 15.9. The van der Waals surface area contributed by atoms with E-state index >= 15 is 0 Å². The summed E-state index contributed by atoms with van der Waals surface area (Å²) in [4.78, 5) is 47.4. The number of nitrogens with zero attached hydrogens (tertiary/aromatic N) is 6. The average Bonchev–Trinajstić information content (AvgIpc) is 3.00. The summed E-state index contributed by atoms with van der Waals surface area (Å²) in [5, 5.41) is 9.76. The zero-order valence-corrected chi connectivity index (χ0v) is 30.0. The van der Waals surface area contributed by atoms with Crippen LogP contribution in [0, 0.1) is 11.3 Å². The first-order valence-corrected chi connectivity index (χ1v) is 17.5. The summed E-state index contributed by atoms with van der Waals surface area (Å²) in [6.07, 6.45) is -5.98. The van der Waals surface area contributed by atoms with Crippen molar-refractivity contribution >= 4 is 38.6 Å². The summed E-state index contributed by atoms with van der Waals surface area (Å²) < 4.78 is 83.2. The van der Waals surface area contributed by atoms with Crippen molar-refractivity contribution in [3.63, 3.8) is 0 Å². The Morgan fingerprint density at radius 2 is 1.61 bits per heavy atom. The van der Waals surface area contributed by atoms with E-state index in [1.165, 1.54) is 44.7 Å². The topological polar surface area (TPSA) is 164 Å². The number of fused-ring (bicyclic) bond motifs is 1. The van der Waals surface area contributed by atoms with Gasteiger partial charge in [-0.1, -0.05) is 6.92 Å². The maximum atomic E-state index is 14.1. The summed E-state index contributed by atoms with van der Waals surface area (Å²) in [7, 11) is -4.08. The van der Waals surface area contributed by atoms with E-state index in [0.717, 1.165) is 24.5 Å². The van der Waals surface area contributed by atoms with Crippen molar-refractivity contribution < 1.29 is 45.4 Å². The summed E-state index contributed by atoms with van der Waals surface area (Å²) in [5.41, 5.74) is -3.41. The monoisotopic (exact) mass is 736 g/mol. The Morgan fingerprint density at radius 3 is 2.16 bits per heavy atom. The number of halogens is 3. The molecule has 0 N–H and O–H groups in total. The van der Waals surface area contributed by atoms with Gasteiger partial charge in [-0.25, -0.2) is 23.0 Å². The van der Waals surface area contributed by atoms with Gasteiger partial charge in [0.2, 0.25) is 0 Å². The Hall–Kier alpha value is -4.89. The van der Waals surface area contributed by atoms with Crippen LogP contribution in [-0.2, 0) is 25.9 Å². The maximum absolute atomic E-state index is 14.1. The molecule has 1 saturated heterocycles. The first-order chi connectivity index (χ1) is 23.5. The molecule has 1 aromatic heterocycles. The zero-order chi connectivity index (χ0) is 38.1. The van der Waals surface area contributed by atoms with Gasteiger partial charge in [0.1, 0.15) is 23.3 Å². The largest absolute Gasteiger partial charge is 0.573 e. The smallest absolute Gasteiger partial charge is 0.444 e. The van der Waals surface area contributed by atoms with Crippen LogP contribution in [-0.4, -0.2) is 89.6 Å². The van der Waals surface area contributed by atoms with E-state index in [9.17, 15) is 41.2 Å². The molecule has 0 unspecified atom stereocenters. The molecule has 4 rings (SSSR count). The van der Waals surface area contributed by atoms with Crippen molar-refractivity contribution in [2.45, 2.75) is 77.5 Å². The fourth-order valence-corrected chi connectivity index (χ4v) is 6.15. The molecule has 3 aromatic rings. The predicted molar refractivity (Wildman–Crippen MR) is 179 cm³/mol. The van der Waals surface area contributed by atoms with Crippen LogP contribution in [0.4, 0.5) is 28.4 Å². The zero-order valence-electron chi connectivity index (χ0n) is 29.2. The molecule has 1 fully saturated rings. The number of piperazine rings is 1. The Bertz CT molecular complexity index is 2020. The number of rotatable bonds is 7. The van der Waals surface area contributed by atoms with E-state index < -0.39 is 72.6 Å². The second-order valence-electron chi connectivity index (χ2n) is 13.7. The van der Waals surface area contributed by atoms with Crippen molar-refractivity contribution in [1.82, 2.24) is 19.5 Å². The molecule has 276 valence electrons. The van der Waals surface area contributed by atoms with Crippen molar-refractivity contribution in [3.8, 4) is 11.8 Å². The van der Waals surface area contributed by atoms with Gasteiger partial charge in [-0.05, 0) is 71.9 Å². The Morgan fingerprint density at radius 1 is 0.980 bits per heavy atom. The third-order valence-electron chi connectivity index (χ3n) is 7.38. The fourth-order valence-electron chi connectivity index (χ4n) is 5.10. The van der Waals surface area contributed by atoms with Gasteiger partial charge in [-0.2, -0.15) is 14.9 Å². The average molecular weight is 737 g/mol. The molecular weight excluding hydrogens is 697 g/mol. The summed E-state index contributed by atoms with van der Waals surface area (Å²) in [6.45, 7) is 12.2. The van der Waals surface area contributed by atoms with Crippen molar-refractivity contribution in [2.75, 3.05) is 36.9 Å². The number of alkyl halides is 3. The van der Waals surface area contributed by atoms with E-state index in [-0.39, 0.29) is 36.3 Å². The van der Waals surface area contributed by atoms with Gasteiger partial charge in [0.15, 0.2) is 9.84 Å². The molecule has 0 aliphatic carbocycles. The Labute approximate surface area is 292 Å². The van der Waals surface area contributed by atoms with Gasteiger partial charge in [0.05, 0.1) is 38.9 Å². The highest BCUT2D eigenvalue weighted by atomic mass is 32.2. The molecule has 0 bridgehead atoms. The van der Waals surface area contributed by atoms with Gasteiger partial charge >= 0.3 is 18.5 Å². The molecule has 0 radical (unpaired) electrons. The third kappa shape index (κ3) is 9.67. The lowest BCUT2D eigenvalue weighted by atomic mass is 10.1. The van der Waals surface area contributed by atoms with Crippen LogP contribution in [0.5, 0.6) is 5.75 Å². The van der Waals surface area contributed by atoms with Crippen LogP contribution >= 0.6 is 0 Å². The van der Waals surface area contributed by atoms with E-state index in [1.807, 2.05) is 6.07 Å². The van der Waals surface area contributed by atoms with E-state index in [4.69, 9.17) is 9.47 Å². The van der Waals surface area contributed by atoms with E-state index in [1.54, 1.807) is 25.7 Å². The van der Waals surface area contributed by atoms with Crippen molar-refractivity contribution in [3.05, 3.63) is 58.1 Å². The van der Waals surface area contributed by atoms with Gasteiger partial charge in [-0.15, -0.1) is 13.2 Å². The molecule has 1 aliphatic rings. The molecule has 18 heteroatoms. The standard InChI is InChI=1S/C33H39F3N6O8S/c1-8-51(46,47)27-10-9-21(18-37)15-25(27)42(30(45)50-32(5,6)7)41-20-38-24-16-22(26(48-33(34,35)36)17-23(24)28(41)43)19-39-11-13-40(14-12-39)29(44)49-31(2,3)4/h9-10,15-17,20H,8,11-14,19H2,1-7H3. The number of nitriles is 1. The second kappa shape index (κ2) is 14.4. The predicted octanol–water partition coefficient (Wildman–Crippen LogP) is 5.22. The van der Waals surface area contributed by atoms with Crippen molar-refractivity contribution in [1.29, 1.82) is 5.26 Å². The van der Waals surface area contributed by atoms with Gasteiger partial charge in [0, 0.05) is 38.3 Å². The number of ether oxygens (including phenoxy) is 3. The summed E-state index contributed by atoms with van der Waals surface area (Å²) in [5.74, 6) is -1.11. The first kappa shape index (κ1) is 38.9. The lowest BCUT2D eigenvalue weighted by Gasteiger charge is -2.35. The van der Waals surface area contributed by atoms with Gasteiger partial charge in [-0.3, -0.25) is 9.69 Å². The molecular formula is C33H39F3N6O8S. The lowest BCUT2D eigenvalue weighted by Crippen LogP contribution is -2.49. The molecule has 2 amide bonds. The third-order valence-corrected chi connectivity index (χ3v) is 9.16. The van der Waals surface area contributed by atoms with Crippen LogP contribution in [0.25, 0.3) is 10.9 Å². The minimum absolute atomic E-state index is 0.0391. The van der Waals surface area contributed by atoms with E-state index in [2.05, 4.69) is 9.72 Å². The number of hydrogen-bond donors (Lipinski definition) is 0. The minimum atomic E-state index is -5.15. The normalized spacial score (nSPS) is 14.6. The first-order valence-electron chi connectivity index (χ1n) is 15.8. The lowest BCUT2D eigenvalue weighted by molar-refractivity contribution is -0.275.